The molecule has 0 aromatic rings. The summed E-state index contributed by atoms with van der Waals surface area (Å²) < 4.78 is 10.0. The molecule has 2 unspecified atom stereocenters. The van der Waals surface area contributed by atoms with Crippen LogP contribution in [0.5, 0.6) is 0 Å². The summed E-state index contributed by atoms with van der Waals surface area (Å²) in [7, 11) is 0.719. The Morgan fingerprint density at radius 3 is 3.00 bits per heavy atom. The number of hydrogen-bond donors (Lipinski definition) is 3. The molecule has 7 heteroatoms. The zero-order valence-electron chi connectivity index (χ0n) is 6.82. The van der Waals surface area contributed by atoms with Gasteiger partial charge in [0.25, 0.3) is 0 Å². The molecule has 1 aliphatic heterocycles. The molecule has 70 valence electrons. The number of rotatable bonds is 4. The minimum absolute atomic E-state index is 0.193. The Morgan fingerprint density at radius 2 is 2.54 bits per heavy atom. The van der Waals surface area contributed by atoms with Crippen LogP contribution in [0.4, 0.5) is 0 Å². The molecule has 1 fully saturated rings. The van der Waals surface area contributed by atoms with Crippen molar-refractivity contribution in [3.63, 3.8) is 0 Å². The van der Waals surface area contributed by atoms with E-state index < -0.39 is 12.0 Å². The fourth-order valence-corrected chi connectivity index (χ4v) is 1.52. The molecule has 0 bridgehead atoms. The van der Waals surface area contributed by atoms with E-state index in [9.17, 15) is 9.50 Å². The standard InChI is InChI=1S/C6H9BN2O3S/c10-6(11)4-1-3(5(13)9-4)8-2-7-12/h3-4,8H,1-2H2,(H,9,13)(H,10,11). The van der Waals surface area contributed by atoms with Crippen LogP contribution in [-0.4, -0.2) is 41.7 Å². The average molecular weight is 200 g/mol. The van der Waals surface area contributed by atoms with Gasteiger partial charge in [-0.2, -0.15) is 0 Å². The second-order valence-electron chi connectivity index (χ2n) is 2.76. The van der Waals surface area contributed by atoms with Crippen molar-refractivity contribution in [2.45, 2.75) is 18.5 Å². The molecule has 0 saturated carbocycles. The topological polar surface area (TPSA) is 78.4 Å². The third-order valence-electron chi connectivity index (χ3n) is 1.85. The molecule has 1 saturated heterocycles. The van der Waals surface area contributed by atoms with Gasteiger partial charge in [-0.15, -0.1) is 0 Å². The molecule has 0 aromatic heterocycles. The van der Waals surface area contributed by atoms with E-state index in [1.54, 1.807) is 0 Å². The van der Waals surface area contributed by atoms with Crippen molar-refractivity contribution in [1.82, 2.24) is 10.6 Å². The van der Waals surface area contributed by atoms with Gasteiger partial charge in [-0.3, -0.25) is 0 Å². The third-order valence-corrected chi connectivity index (χ3v) is 2.25. The maximum absolute atomic E-state index is 10.5. The Morgan fingerprint density at radius 1 is 1.85 bits per heavy atom. The van der Waals surface area contributed by atoms with Gasteiger partial charge in [0, 0.05) is 0 Å². The second kappa shape index (κ2) is 4.43. The van der Waals surface area contributed by atoms with Crippen molar-refractivity contribution in [2.75, 3.05) is 6.44 Å². The number of carboxylic acid groups (broad SMARTS) is 1. The molecule has 0 radical (unpaired) electrons. The first-order valence-corrected chi connectivity index (χ1v) is 4.26. The van der Waals surface area contributed by atoms with Gasteiger partial charge in [0.2, 0.25) is 0 Å². The molecule has 0 spiro atoms. The molecule has 0 aromatic carbocycles. The maximum atomic E-state index is 10.5. The van der Waals surface area contributed by atoms with Crippen molar-refractivity contribution in [2.24, 2.45) is 0 Å². The van der Waals surface area contributed by atoms with Gasteiger partial charge in [0.05, 0.1) is 0 Å². The zero-order chi connectivity index (χ0) is 9.84. The van der Waals surface area contributed by atoms with Crippen LogP contribution in [0.3, 0.4) is 0 Å². The number of thiocarbonyl (C=S) groups is 1. The van der Waals surface area contributed by atoms with Crippen LogP contribution in [0.2, 0.25) is 0 Å². The first-order chi connectivity index (χ1) is 6.15. The molecular formula is C6H9BN2O3S. The first kappa shape index (κ1) is 10.3. The molecule has 1 rings (SSSR count). The number of carbonyl (C=O) groups is 1. The van der Waals surface area contributed by atoms with Crippen molar-refractivity contribution in [1.29, 1.82) is 0 Å². The van der Waals surface area contributed by atoms with E-state index in [1.165, 1.54) is 0 Å². The van der Waals surface area contributed by atoms with Gasteiger partial charge in [0.1, 0.15) is 0 Å². The molecular weight excluding hydrogens is 191 g/mol. The molecule has 2 atom stereocenters. The van der Waals surface area contributed by atoms with E-state index in [0.717, 1.165) is 7.15 Å². The van der Waals surface area contributed by atoms with Crippen LogP contribution in [0, 0.1) is 0 Å². The Balaban J connectivity index is 2.46. The summed E-state index contributed by atoms with van der Waals surface area (Å²) in [5, 5.41) is 14.2. The van der Waals surface area contributed by atoms with Gasteiger partial charge >= 0.3 is 80.5 Å². The van der Waals surface area contributed by atoms with Crippen LogP contribution in [-0.2, 0) is 9.50 Å². The number of hydrogen-bond acceptors (Lipinski definition) is 4. The molecule has 13 heavy (non-hydrogen) atoms. The first-order valence-electron chi connectivity index (χ1n) is 3.85. The van der Waals surface area contributed by atoms with Crippen molar-refractivity contribution in [3.05, 3.63) is 0 Å². The van der Waals surface area contributed by atoms with Gasteiger partial charge in [0.15, 0.2) is 0 Å². The van der Waals surface area contributed by atoms with E-state index in [0.29, 0.717) is 11.4 Å². The van der Waals surface area contributed by atoms with Gasteiger partial charge in [-0.25, -0.2) is 0 Å². The van der Waals surface area contributed by atoms with Gasteiger partial charge in [-0.05, 0) is 0 Å². The normalized spacial score (nSPS) is 26.6. The summed E-state index contributed by atoms with van der Waals surface area (Å²) in [6, 6.07) is -0.821. The van der Waals surface area contributed by atoms with Gasteiger partial charge in [-0.1, -0.05) is 0 Å². The summed E-state index contributed by atoms with van der Waals surface area (Å²) >= 11 is 4.90. The summed E-state index contributed by atoms with van der Waals surface area (Å²) in [6.07, 6.45) is 0.584. The second-order valence-corrected chi connectivity index (χ2v) is 3.20. The van der Waals surface area contributed by atoms with Crippen molar-refractivity contribution < 1.29 is 14.6 Å². The Labute approximate surface area is 81.1 Å². The van der Waals surface area contributed by atoms with Crippen LogP contribution in [0.25, 0.3) is 0 Å². The Hall–Kier alpha value is -0.815. The minimum atomic E-state index is -0.919. The van der Waals surface area contributed by atoms with Crippen LogP contribution >= 0.6 is 12.2 Å². The molecule has 3 N–H and O–H groups in total. The zero-order valence-corrected chi connectivity index (χ0v) is 7.63. The van der Waals surface area contributed by atoms with Crippen molar-refractivity contribution >= 4 is 30.3 Å². The van der Waals surface area contributed by atoms with Crippen LogP contribution in [0.1, 0.15) is 6.42 Å². The average Bonchev–Trinajstić information content (AvgIpc) is 2.44. The monoisotopic (exact) mass is 200 g/mol. The van der Waals surface area contributed by atoms with Crippen molar-refractivity contribution in [3.8, 4) is 0 Å². The van der Waals surface area contributed by atoms with E-state index in [4.69, 9.17) is 17.3 Å². The molecule has 1 aliphatic rings. The van der Waals surface area contributed by atoms with Crippen LogP contribution < -0.4 is 10.6 Å². The number of carboxylic acids is 1. The Bertz CT molecular complexity index is 248. The fourth-order valence-electron chi connectivity index (χ4n) is 1.20. The van der Waals surface area contributed by atoms with E-state index in [-0.39, 0.29) is 12.5 Å². The summed E-state index contributed by atoms with van der Waals surface area (Å²) in [5.41, 5.74) is 0. The van der Waals surface area contributed by atoms with Gasteiger partial charge < -0.3 is 0 Å². The predicted molar refractivity (Wildman–Crippen MR) is 50.0 cm³/mol. The summed E-state index contributed by atoms with van der Waals surface area (Å²) in [6.45, 7) is 0. The van der Waals surface area contributed by atoms with E-state index in [1.807, 2.05) is 0 Å². The van der Waals surface area contributed by atoms with E-state index >= 15 is 0 Å². The SMILES string of the molecule is O=BCNC1CC(C(=O)O)NC1=S. The number of aliphatic carboxylic acids is 1. The summed E-state index contributed by atoms with van der Waals surface area (Å²) in [5.74, 6) is -0.919. The fraction of sp³-hybridized carbons (Fsp3) is 0.667. The molecule has 0 amide bonds. The quantitative estimate of drug-likeness (QED) is 0.387. The Kier molecular flexibility index (Phi) is 3.50. The predicted octanol–water partition coefficient (Wildman–Crippen LogP) is -1.27. The van der Waals surface area contributed by atoms with E-state index in [2.05, 4.69) is 10.6 Å². The third kappa shape index (κ3) is 2.56. The van der Waals surface area contributed by atoms with Crippen LogP contribution in [0.15, 0.2) is 0 Å². The molecule has 0 aliphatic carbocycles. The number of nitrogens with one attached hydrogen (secondary N) is 2. The summed E-state index contributed by atoms with van der Waals surface area (Å²) in [4.78, 5) is 11.0. The molecule has 1 heterocycles. The molecule has 5 nitrogen and oxygen atoms in total.